The van der Waals surface area contributed by atoms with Gasteiger partial charge in [-0.3, -0.25) is 9.59 Å². The number of benzene rings is 2. The van der Waals surface area contributed by atoms with Gasteiger partial charge in [-0.25, -0.2) is 4.39 Å². The van der Waals surface area contributed by atoms with Crippen LogP contribution in [0.3, 0.4) is 0 Å². The summed E-state index contributed by atoms with van der Waals surface area (Å²) in [5.41, 5.74) is 1.13. The highest BCUT2D eigenvalue weighted by Gasteiger charge is 2.35. The van der Waals surface area contributed by atoms with Gasteiger partial charge in [-0.15, -0.1) is 0 Å². The summed E-state index contributed by atoms with van der Waals surface area (Å²) in [7, 11) is 0. The van der Waals surface area contributed by atoms with Gasteiger partial charge >= 0.3 is 0 Å². The molecule has 0 N–H and O–H groups in total. The second-order valence-electron chi connectivity index (χ2n) is 5.65. The summed E-state index contributed by atoms with van der Waals surface area (Å²) < 4.78 is 13.0. The minimum Gasteiger partial charge on any atom is -0.325 e. The number of anilines is 1. The Morgan fingerprint density at radius 2 is 1.71 bits per heavy atom. The van der Waals surface area contributed by atoms with E-state index in [9.17, 15) is 14.0 Å². The van der Waals surface area contributed by atoms with E-state index in [4.69, 9.17) is 11.6 Å². The molecule has 1 heterocycles. The van der Waals surface area contributed by atoms with Gasteiger partial charge in [0.1, 0.15) is 11.9 Å². The lowest BCUT2D eigenvalue weighted by molar-refractivity contribution is -0.124. The summed E-state index contributed by atoms with van der Waals surface area (Å²) >= 11 is 5.88. The molecule has 0 aliphatic carbocycles. The molecular weight excluding hydrogens is 331 g/mol. The van der Waals surface area contributed by atoms with Crippen LogP contribution < -0.4 is 4.90 Å². The molecule has 0 spiro atoms. The minimum absolute atomic E-state index is 0.154. The van der Waals surface area contributed by atoms with Crippen molar-refractivity contribution in [3.05, 3.63) is 64.9 Å². The zero-order chi connectivity index (χ0) is 17.3. The molecule has 1 aliphatic heterocycles. The molecule has 124 valence electrons. The van der Waals surface area contributed by atoms with Gasteiger partial charge in [0.15, 0.2) is 0 Å². The number of carbonyl (C=O) groups excluding carboxylic acids is 2. The molecular formula is C18H16ClFN2O2. The van der Waals surface area contributed by atoms with Crippen LogP contribution in [0.25, 0.3) is 0 Å². The maximum atomic E-state index is 13.0. The first-order chi connectivity index (χ1) is 11.5. The highest BCUT2D eigenvalue weighted by molar-refractivity contribution is 6.30. The monoisotopic (exact) mass is 346 g/mol. The maximum Gasteiger partial charge on any atom is 0.254 e. The van der Waals surface area contributed by atoms with Crippen molar-refractivity contribution in [3.8, 4) is 0 Å². The summed E-state index contributed by atoms with van der Waals surface area (Å²) in [6.07, 6.45) is 0. The number of halogens is 2. The molecule has 1 unspecified atom stereocenters. The Morgan fingerprint density at radius 3 is 2.33 bits per heavy atom. The van der Waals surface area contributed by atoms with Crippen molar-refractivity contribution in [2.24, 2.45) is 0 Å². The molecule has 1 atom stereocenters. The number of rotatable bonds is 2. The molecule has 1 saturated heterocycles. The lowest BCUT2D eigenvalue weighted by Crippen LogP contribution is -2.57. The van der Waals surface area contributed by atoms with Gasteiger partial charge in [-0.2, -0.15) is 0 Å². The first-order valence-corrected chi connectivity index (χ1v) is 7.98. The van der Waals surface area contributed by atoms with E-state index >= 15 is 0 Å². The molecule has 3 rings (SSSR count). The van der Waals surface area contributed by atoms with Crippen molar-refractivity contribution < 1.29 is 14.0 Å². The third kappa shape index (κ3) is 3.12. The highest BCUT2D eigenvalue weighted by Crippen LogP contribution is 2.23. The molecule has 2 aromatic rings. The normalized spacial score (nSPS) is 18.0. The second kappa shape index (κ2) is 6.61. The van der Waals surface area contributed by atoms with Crippen LogP contribution in [0.1, 0.15) is 17.3 Å². The van der Waals surface area contributed by atoms with Gasteiger partial charge in [0.2, 0.25) is 5.91 Å². The molecule has 1 fully saturated rings. The van der Waals surface area contributed by atoms with Crippen LogP contribution >= 0.6 is 11.6 Å². The summed E-state index contributed by atoms with van der Waals surface area (Å²) in [6, 6.07) is 11.8. The molecule has 0 bridgehead atoms. The first-order valence-electron chi connectivity index (χ1n) is 7.61. The molecule has 1 aliphatic rings. The highest BCUT2D eigenvalue weighted by atomic mass is 35.5. The summed E-state index contributed by atoms with van der Waals surface area (Å²) in [5.74, 6) is -0.825. The Bertz CT molecular complexity index is 762. The molecule has 0 radical (unpaired) electrons. The van der Waals surface area contributed by atoms with E-state index in [1.807, 2.05) is 0 Å². The van der Waals surface area contributed by atoms with E-state index in [1.54, 1.807) is 36.1 Å². The van der Waals surface area contributed by atoms with E-state index < -0.39 is 11.9 Å². The van der Waals surface area contributed by atoms with Crippen LogP contribution in [0.2, 0.25) is 5.02 Å². The number of carbonyl (C=O) groups is 2. The fraction of sp³-hybridized carbons (Fsp3) is 0.222. The van der Waals surface area contributed by atoms with Crippen LogP contribution in [0.15, 0.2) is 48.5 Å². The molecule has 0 saturated carbocycles. The zero-order valence-corrected chi connectivity index (χ0v) is 13.8. The third-order valence-corrected chi connectivity index (χ3v) is 4.40. The minimum atomic E-state index is -0.591. The van der Waals surface area contributed by atoms with Crippen LogP contribution in [0, 0.1) is 5.82 Å². The Kier molecular flexibility index (Phi) is 4.53. The van der Waals surface area contributed by atoms with Crippen molar-refractivity contribution in [3.63, 3.8) is 0 Å². The summed E-state index contributed by atoms with van der Waals surface area (Å²) in [5, 5.41) is 0.601. The second-order valence-corrected chi connectivity index (χ2v) is 6.08. The zero-order valence-electron chi connectivity index (χ0n) is 13.1. The van der Waals surface area contributed by atoms with Crippen molar-refractivity contribution in [1.82, 2.24) is 4.90 Å². The molecule has 2 aromatic carbocycles. The number of nitrogens with zero attached hydrogens (tertiary/aromatic N) is 2. The van der Waals surface area contributed by atoms with Gasteiger partial charge in [0, 0.05) is 29.4 Å². The number of hydrogen-bond acceptors (Lipinski definition) is 2. The van der Waals surface area contributed by atoms with Crippen LogP contribution in [-0.4, -0.2) is 35.8 Å². The number of amides is 2. The van der Waals surface area contributed by atoms with Gasteiger partial charge in [0.05, 0.1) is 0 Å². The van der Waals surface area contributed by atoms with Crippen LogP contribution in [-0.2, 0) is 4.79 Å². The van der Waals surface area contributed by atoms with Crippen molar-refractivity contribution >= 4 is 29.1 Å². The van der Waals surface area contributed by atoms with Crippen molar-refractivity contribution in [2.45, 2.75) is 13.0 Å². The van der Waals surface area contributed by atoms with E-state index in [1.165, 1.54) is 29.2 Å². The lowest BCUT2D eigenvalue weighted by Gasteiger charge is -2.39. The SMILES string of the molecule is CC1C(=O)N(c2ccc(Cl)cc2)CCN1C(=O)c1ccc(F)cc1. The van der Waals surface area contributed by atoms with Crippen LogP contribution in [0.4, 0.5) is 10.1 Å². The van der Waals surface area contributed by atoms with Crippen molar-refractivity contribution in [2.75, 3.05) is 18.0 Å². The Labute approximate surface area is 144 Å². The van der Waals surface area contributed by atoms with E-state index in [0.29, 0.717) is 23.7 Å². The van der Waals surface area contributed by atoms with Gasteiger partial charge in [-0.1, -0.05) is 11.6 Å². The average Bonchev–Trinajstić information content (AvgIpc) is 2.58. The standard InChI is InChI=1S/C18H16ClFN2O2/c1-12-17(23)22(16-8-4-14(19)5-9-16)11-10-21(12)18(24)13-2-6-15(20)7-3-13/h2-9,12H,10-11H2,1H3. The smallest absolute Gasteiger partial charge is 0.254 e. The molecule has 2 amide bonds. The van der Waals surface area contributed by atoms with Gasteiger partial charge < -0.3 is 9.80 Å². The van der Waals surface area contributed by atoms with Crippen LogP contribution in [0.5, 0.6) is 0 Å². The largest absolute Gasteiger partial charge is 0.325 e. The third-order valence-electron chi connectivity index (χ3n) is 4.15. The summed E-state index contributed by atoms with van der Waals surface area (Å²) in [6.45, 7) is 2.51. The van der Waals surface area contributed by atoms with Gasteiger partial charge in [-0.05, 0) is 55.5 Å². The number of piperazine rings is 1. The van der Waals surface area contributed by atoms with Gasteiger partial charge in [0.25, 0.3) is 5.91 Å². The molecule has 4 nitrogen and oxygen atoms in total. The quantitative estimate of drug-likeness (QED) is 0.836. The molecule has 24 heavy (non-hydrogen) atoms. The topological polar surface area (TPSA) is 40.6 Å². The van der Waals surface area contributed by atoms with E-state index in [2.05, 4.69) is 0 Å². The molecule has 0 aromatic heterocycles. The summed E-state index contributed by atoms with van der Waals surface area (Å²) in [4.78, 5) is 28.4. The number of hydrogen-bond donors (Lipinski definition) is 0. The Morgan fingerprint density at radius 1 is 1.08 bits per heavy atom. The predicted octanol–water partition coefficient (Wildman–Crippen LogP) is 3.36. The Hall–Kier alpha value is -2.40. The predicted molar refractivity (Wildman–Crippen MR) is 90.7 cm³/mol. The van der Waals surface area contributed by atoms with E-state index in [-0.39, 0.29) is 11.8 Å². The van der Waals surface area contributed by atoms with Crippen molar-refractivity contribution in [1.29, 1.82) is 0 Å². The maximum absolute atomic E-state index is 13.0. The Balaban J connectivity index is 1.78. The molecule has 6 heteroatoms. The fourth-order valence-corrected chi connectivity index (χ4v) is 2.91. The first kappa shape index (κ1) is 16.5. The lowest BCUT2D eigenvalue weighted by atomic mass is 10.1. The van der Waals surface area contributed by atoms with E-state index in [0.717, 1.165) is 5.69 Å². The average molecular weight is 347 g/mol. The fourth-order valence-electron chi connectivity index (χ4n) is 2.78.